The van der Waals surface area contributed by atoms with Crippen molar-refractivity contribution in [2.45, 2.75) is 4.90 Å². The smallest absolute Gasteiger partial charge is 0.141 e. The highest BCUT2D eigenvalue weighted by atomic mass is 35.5. The maximum atomic E-state index is 12.8. The molecule has 4 heteroatoms. The zero-order chi connectivity index (χ0) is 8.43. The van der Waals surface area contributed by atoms with Crippen LogP contribution in [0.15, 0.2) is 17.0 Å². The van der Waals surface area contributed by atoms with Gasteiger partial charge in [0.05, 0.1) is 4.90 Å². The Bertz CT molecular complexity index is 252. The Morgan fingerprint density at radius 2 is 1.73 bits per heavy atom. The molecule has 0 spiro atoms. The SMILES string of the molecule is CSc1c(F)cc(Cl)cc1F. The van der Waals surface area contributed by atoms with E-state index in [1.165, 1.54) is 0 Å². The molecule has 0 radical (unpaired) electrons. The number of rotatable bonds is 1. The van der Waals surface area contributed by atoms with Gasteiger partial charge in [0.1, 0.15) is 11.6 Å². The molecular weight excluding hydrogens is 190 g/mol. The van der Waals surface area contributed by atoms with E-state index in [0.717, 1.165) is 23.9 Å². The first-order valence-electron chi connectivity index (χ1n) is 2.83. The van der Waals surface area contributed by atoms with Crippen LogP contribution in [0.3, 0.4) is 0 Å². The van der Waals surface area contributed by atoms with Gasteiger partial charge in [0.15, 0.2) is 0 Å². The van der Waals surface area contributed by atoms with Crippen LogP contribution < -0.4 is 0 Å². The standard InChI is InChI=1S/C7H5ClF2S/c1-11-7-5(9)2-4(8)3-6(7)10/h2-3H,1H3. The Morgan fingerprint density at radius 1 is 1.27 bits per heavy atom. The van der Waals surface area contributed by atoms with Gasteiger partial charge in [0.2, 0.25) is 0 Å². The van der Waals surface area contributed by atoms with E-state index >= 15 is 0 Å². The quantitative estimate of drug-likeness (QED) is 0.618. The van der Waals surface area contributed by atoms with Crippen LogP contribution in [-0.2, 0) is 0 Å². The highest BCUT2D eigenvalue weighted by Gasteiger charge is 2.08. The van der Waals surface area contributed by atoms with Crippen molar-refractivity contribution in [3.8, 4) is 0 Å². The second kappa shape index (κ2) is 3.41. The second-order valence-corrected chi connectivity index (χ2v) is 3.16. The largest absolute Gasteiger partial charge is 0.206 e. The monoisotopic (exact) mass is 194 g/mol. The van der Waals surface area contributed by atoms with Crippen molar-refractivity contribution in [1.29, 1.82) is 0 Å². The van der Waals surface area contributed by atoms with Crippen LogP contribution in [0.5, 0.6) is 0 Å². The van der Waals surface area contributed by atoms with Gasteiger partial charge in [0.25, 0.3) is 0 Å². The lowest BCUT2D eigenvalue weighted by molar-refractivity contribution is 0.541. The molecule has 0 aromatic heterocycles. The summed E-state index contributed by atoms with van der Waals surface area (Å²) >= 11 is 6.41. The Kier molecular flexibility index (Phi) is 2.73. The van der Waals surface area contributed by atoms with Crippen molar-refractivity contribution in [3.05, 3.63) is 28.8 Å². The third-order valence-corrected chi connectivity index (χ3v) is 2.18. The summed E-state index contributed by atoms with van der Waals surface area (Å²) in [5.41, 5.74) is 0. The summed E-state index contributed by atoms with van der Waals surface area (Å²) < 4.78 is 25.5. The molecule has 0 heterocycles. The van der Waals surface area contributed by atoms with Gasteiger partial charge in [-0.25, -0.2) is 8.78 Å². The fourth-order valence-corrected chi connectivity index (χ4v) is 1.42. The molecule has 0 bridgehead atoms. The van der Waals surface area contributed by atoms with Crippen molar-refractivity contribution in [1.82, 2.24) is 0 Å². The summed E-state index contributed by atoms with van der Waals surface area (Å²) in [6.07, 6.45) is 1.61. The average Bonchev–Trinajstić information content (AvgIpc) is 1.85. The molecule has 1 rings (SSSR count). The van der Waals surface area contributed by atoms with E-state index in [-0.39, 0.29) is 9.92 Å². The number of halogens is 3. The molecule has 0 nitrogen and oxygen atoms in total. The van der Waals surface area contributed by atoms with Gasteiger partial charge in [-0.15, -0.1) is 11.8 Å². The van der Waals surface area contributed by atoms with Crippen LogP contribution in [-0.4, -0.2) is 6.26 Å². The van der Waals surface area contributed by atoms with Crippen molar-refractivity contribution in [2.75, 3.05) is 6.26 Å². The fraction of sp³-hybridized carbons (Fsp3) is 0.143. The van der Waals surface area contributed by atoms with Gasteiger partial charge in [-0.3, -0.25) is 0 Å². The topological polar surface area (TPSA) is 0 Å². The Labute approximate surface area is 72.6 Å². The van der Waals surface area contributed by atoms with Gasteiger partial charge in [0, 0.05) is 5.02 Å². The molecule has 0 aliphatic rings. The maximum absolute atomic E-state index is 12.8. The Balaban J connectivity index is 3.25. The molecular formula is C7H5ClF2S. The molecule has 0 amide bonds. The van der Waals surface area contributed by atoms with Crippen molar-refractivity contribution in [2.24, 2.45) is 0 Å². The van der Waals surface area contributed by atoms with Crippen molar-refractivity contribution < 1.29 is 8.78 Å². The molecule has 0 saturated heterocycles. The summed E-state index contributed by atoms with van der Waals surface area (Å²) in [5.74, 6) is -1.22. The fourth-order valence-electron chi connectivity index (χ4n) is 0.724. The first kappa shape index (κ1) is 8.81. The number of hydrogen-bond donors (Lipinski definition) is 0. The Morgan fingerprint density at radius 3 is 2.09 bits per heavy atom. The molecule has 1 aromatic rings. The molecule has 0 aliphatic heterocycles. The van der Waals surface area contributed by atoms with E-state index in [9.17, 15) is 8.78 Å². The van der Waals surface area contributed by atoms with E-state index in [4.69, 9.17) is 11.6 Å². The molecule has 11 heavy (non-hydrogen) atoms. The van der Waals surface area contributed by atoms with Gasteiger partial charge < -0.3 is 0 Å². The maximum Gasteiger partial charge on any atom is 0.141 e. The van der Waals surface area contributed by atoms with Crippen LogP contribution in [0.4, 0.5) is 8.78 Å². The lowest BCUT2D eigenvalue weighted by Gasteiger charge is -2.00. The van der Waals surface area contributed by atoms with E-state index in [2.05, 4.69) is 0 Å². The minimum atomic E-state index is -0.609. The van der Waals surface area contributed by atoms with E-state index in [0.29, 0.717) is 0 Å². The van der Waals surface area contributed by atoms with Gasteiger partial charge >= 0.3 is 0 Å². The predicted octanol–water partition coefficient (Wildman–Crippen LogP) is 3.34. The van der Waals surface area contributed by atoms with Crippen LogP contribution in [0, 0.1) is 11.6 Å². The number of thioether (sulfide) groups is 1. The zero-order valence-corrected chi connectivity index (χ0v) is 7.27. The Hall–Kier alpha value is -0.280. The van der Waals surface area contributed by atoms with E-state index < -0.39 is 11.6 Å². The molecule has 1 aromatic carbocycles. The number of benzene rings is 1. The van der Waals surface area contributed by atoms with Crippen molar-refractivity contribution in [3.63, 3.8) is 0 Å². The first-order chi connectivity index (χ1) is 5.15. The highest BCUT2D eigenvalue weighted by Crippen LogP contribution is 2.25. The van der Waals surface area contributed by atoms with Crippen LogP contribution in [0.25, 0.3) is 0 Å². The lowest BCUT2D eigenvalue weighted by atomic mass is 10.3. The van der Waals surface area contributed by atoms with Crippen LogP contribution >= 0.6 is 23.4 Å². The molecule has 0 N–H and O–H groups in total. The van der Waals surface area contributed by atoms with E-state index in [1.54, 1.807) is 6.26 Å². The third kappa shape index (κ3) is 1.84. The average molecular weight is 195 g/mol. The molecule has 0 atom stereocenters. The van der Waals surface area contributed by atoms with E-state index in [1.807, 2.05) is 0 Å². The summed E-state index contributed by atoms with van der Waals surface area (Å²) in [6.45, 7) is 0. The minimum Gasteiger partial charge on any atom is -0.206 e. The summed E-state index contributed by atoms with van der Waals surface area (Å²) in [5, 5.41) is 0.0813. The molecule has 0 aliphatic carbocycles. The van der Waals surface area contributed by atoms with Crippen LogP contribution in [0.2, 0.25) is 5.02 Å². The number of hydrogen-bond acceptors (Lipinski definition) is 1. The third-order valence-electron chi connectivity index (χ3n) is 1.17. The molecule has 0 saturated carbocycles. The van der Waals surface area contributed by atoms with Gasteiger partial charge in [-0.05, 0) is 18.4 Å². The second-order valence-electron chi connectivity index (χ2n) is 1.90. The van der Waals surface area contributed by atoms with Gasteiger partial charge in [-0.2, -0.15) is 0 Å². The predicted molar refractivity (Wildman–Crippen MR) is 43.1 cm³/mol. The van der Waals surface area contributed by atoms with Crippen LogP contribution in [0.1, 0.15) is 0 Å². The summed E-state index contributed by atoms with van der Waals surface area (Å²) in [7, 11) is 0. The lowest BCUT2D eigenvalue weighted by Crippen LogP contribution is -1.86. The highest BCUT2D eigenvalue weighted by molar-refractivity contribution is 7.98. The molecule has 0 unspecified atom stereocenters. The van der Waals surface area contributed by atoms with Gasteiger partial charge in [-0.1, -0.05) is 11.6 Å². The minimum absolute atomic E-state index is 0.00870. The first-order valence-corrected chi connectivity index (χ1v) is 4.44. The summed E-state index contributed by atoms with van der Waals surface area (Å²) in [6, 6.07) is 2.19. The molecule has 0 fully saturated rings. The van der Waals surface area contributed by atoms with Crippen molar-refractivity contribution >= 4 is 23.4 Å². The normalized spacial score (nSPS) is 10.2. The molecule has 60 valence electrons. The summed E-state index contributed by atoms with van der Waals surface area (Å²) in [4.78, 5) is 0.00870. The zero-order valence-electron chi connectivity index (χ0n) is 5.70.